The van der Waals surface area contributed by atoms with E-state index in [0.29, 0.717) is 18.4 Å². The number of benzene rings is 2. The van der Waals surface area contributed by atoms with Crippen LogP contribution < -0.4 is 0 Å². The van der Waals surface area contributed by atoms with Crippen LogP contribution in [0.1, 0.15) is 64.9 Å². The molecule has 0 amide bonds. The lowest BCUT2D eigenvalue weighted by molar-refractivity contribution is -0.120. The van der Waals surface area contributed by atoms with Gasteiger partial charge in [0.2, 0.25) is 0 Å². The van der Waals surface area contributed by atoms with Crippen molar-refractivity contribution in [1.82, 2.24) is 0 Å². The second-order valence-corrected chi connectivity index (χ2v) is 7.55. The fourth-order valence-corrected chi connectivity index (χ4v) is 3.47. The highest BCUT2D eigenvalue weighted by Gasteiger charge is 2.23. The summed E-state index contributed by atoms with van der Waals surface area (Å²) in [4.78, 5) is 25.8. The number of aliphatic hydroxyl groups is 1. The minimum atomic E-state index is -0.421. The van der Waals surface area contributed by atoms with Crippen molar-refractivity contribution in [2.75, 3.05) is 14.2 Å². The molecule has 0 saturated carbocycles. The molecule has 0 radical (unpaired) electrons. The quantitative estimate of drug-likeness (QED) is 0.378. The Kier molecular flexibility index (Phi) is 12.2. The Morgan fingerprint density at radius 2 is 1.75 bits per heavy atom. The van der Waals surface area contributed by atoms with Gasteiger partial charge in [0.05, 0.1) is 11.7 Å². The fourth-order valence-electron chi connectivity index (χ4n) is 3.47. The molecule has 0 saturated heterocycles. The zero-order chi connectivity index (χ0) is 24.1. The van der Waals surface area contributed by atoms with E-state index in [4.69, 9.17) is 14.6 Å². The van der Waals surface area contributed by atoms with E-state index in [1.807, 2.05) is 57.2 Å². The number of carbonyl (C=O) groups excluding carboxylic acids is 2. The summed E-state index contributed by atoms with van der Waals surface area (Å²) in [6.07, 6.45) is 3.02. The van der Waals surface area contributed by atoms with Crippen molar-refractivity contribution in [3.05, 3.63) is 82.9 Å². The molecule has 1 N–H and O–H groups in total. The molecule has 5 nitrogen and oxygen atoms in total. The SMILES string of the molecule is C=CCC(OC(=O)c1ccc(C)c(C)c1CC(=O)CC(CC)OC)c1ccccc1.CO. The highest BCUT2D eigenvalue weighted by molar-refractivity contribution is 5.94. The molecule has 2 aromatic carbocycles. The van der Waals surface area contributed by atoms with Crippen molar-refractivity contribution < 1.29 is 24.2 Å². The van der Waals surface area contributed by atoms with Crippen LogP contribution in [0.15, 0.2) is 55.1 Å². The monoisotopic (exact) mass is 440 g/mol. The van der Waals surface area contributed by atoms with Crippen molar-refractivity contribution >= 4 is 11.8 Å². The van der Waals surface area contributed by atoms with Gasteiger partial charge in [0, 0.05) is 33.5 Å². The topological polar surface area (TPSA) is 72.8 Å². The molecule has 0 aliphatic heterocycles. The van der Waals surface area contributed by atoms with Crippen LogP contribution in [-0.4, -0.2) is 37.2 Å². The molecule has 0 aromatic heterocycles. The number of hydrogen-bond acceptors (Lipinski definition) is 5. The number of ether oxygens (including phenoxy) is 2. The number of aliphatic hydroxyl groups excluding tert-OH is 1. The summed E-state index contributed by atoms with van der Waals surface area (Å²) >= 11 is 0. The Morgan fingerprint density at radius 3 is 2.31 bits per heavy atom. The van der Waals surface area contributed by atoms with Gasteiger partial charge < -0.3 is 14.6 Å². The predicted octanol–water partition coefficient (Wildman–Crippen LogP) is 5.31. The van der Waals surface area contributed by atoms with E-state index in [2.05, 4.69) is 6.58 Å². The first kappa shape index (κ1) is 27.3. The lowest BCUT2D eigenvalue weighted by Crippen LogP contribution is -2.19. The van der Waals surface area contributed by atoms with Crippen molar-refractivity contribution in [2.24, 2.45) is 0 Å². The Hall–Kier alpha value is -2.76. The van der Waals surface area contributed by atoms with Crippen molar-refractivity contribution in [3.8, 4) is 0 Å². The molecule has 0 aliphatic carbocycles. The first-order valence-electron chi connectivity index (χ1n) is 10.9. The van der Waals surface area contributed by atoms with Crippen molar-refractivity contribution in [1.29, 1.82) is 0 Å². The smallest absolute Gasteiger partial charge is 0.339 e. The van der Waals surface area contributed by atoms with Gasteiger partial charge in [-0.2, -0.15) is 0 Å². The number of methoxy groups -OCH3 is 1. The summed E-state index contributed by atoms with van der Waals surface area (Å²) in [6, 6.07) is 13.3. The van der Waals surface area contributed by atoms with E-state index in [9.17, 15) is 9.59 Å². The molecule has 32 heavy (non-hydrogen) atoms. The molecule has 0 spiro atoms. The lowest BCUT2D eigenvalue weighted by Gasteiger charge is -2.20. The van der Waals surface area contributed by atoms with Gasteiger partial charge in [-0.3, -0.25) is 4.79 Å². The molecule has 174 valence electrons. The number of Topliss-reactive ketones (excluding diaryl/α,β-unsaturated/α-hetero) is 1. The van der Waals surface area contributed by atoms with Crippen LogP contribution >= 0.6 is 0 Å². The summed E-state index contributed by atoms with van der Waals surface area (Å²) in [7, 11) is 2.62. The van der Waals surface area contributed by atoms with Crippen molar-refractivity contribution in [2.45, 2.75) is 58.7 Å². The van der Waals surface area contributed by atoms with Crippen LogP contribution in [-0.2, 0) is 20.7 Å². The zero-order valence-electron chi connectivity index (χ0n) is 19.9. The van der Waals surface area contributed by atoms with Gasteiger partial charge in [-0.15, -0.1) is 6.58 Å². The molecule has 5 heteroatoms. The average Bonchev–Trinajstić information content (AvgIpc) is 2.82. The van der Waals surface area contributed by atoms with Gasteiger partial charge in [-0.05, 0) is 48.6 Å². The molecule has 2 unspecified atom stereocenters. The maximum Gasteiger partial charge on any atom is 0.339 e. The van der Waals surface area contributed by atoms with Gasteiger partial charge in [0.25, 0.3) is 0 Å². The Balaban J connectivity index is 0.00000249. The number of ketones is 1. The normalized spacial score (nSPS) is 12.2. The maximum atomic E-state index is 13.1. The molecule has 0 bridgehead atoms. The van der Waals surface area contributed by atoms with Crippen LogP contribution in [0, 0.1) is 13.8 Å². The van der Waals surface area contributed by atoms with E-state index in [0.717, 1.165) is 35.8 Å². The second kappa shape index (κ2) is 14.3. The van der Waals surface area contributed by atoms with Crippen LogP contribution in [0.4, 0.5) is 0 Å². The number of carbonyl (C=O) groups is 2. The first-order valence-corrected chi connectivity index (χ1v) is 10.9. The molecule has 0 aliphatic rings. The lowest BCUT2D eigenvalue weighted by atomic mass is 9.92. The highest BCUT2D eigenvalue weighted by Crippen LogP contribution is 2.26. The van der Waals surface area contributed by atoms with Crippen LogP contribution in [0.2, 0.25) is 0 Å². The maximum absolute atomic E-state index is 13.1. The van der Waals surface area contributed by atoms with Crippen LogP contribution in [0.3, 0.4) is 0 Å². The predicted molar refractivity (Wildman–Crippen MR) is 128 cm³/mol. The van der Waals surface area contributed by atoms with E-state index >= 15 is 0 Å². The standard InChI is InChI=1S/C26H32O4.CH4O/c1-6-11-25(20-12-9-8-10-13-20)30-26(28)23-15-14-18(3)19(4)24(23)17-21(27)16-22(7-2)29-5;1-2/h6,8-10,12-15,22,25H,1,7,11,16-17H2,2-5H3;2H,1H3. The fraction of sp³-hybridized carbons (Fsp3) is 0.407. The largest absolute Gasteiger partial charge is 0.454 e. The molecular formula is C27H36O5. The molecular weight excluding hydrogens is 404 g/mol. The number of hydrogen-bond donors (Lipinski definition) is 1. The third kappa shape index (κ3) is 7.74. The van der Waals surface area contributed by atoms with E-state index in [1.165, 1.54) is 0 Å². The summed E-state index contributed by atoms with van der Waals surface area (Å²) in [5, 5.41) is 7.00. The summed E-state index contributed by atoms with van der Waals surface area (Å²) < 4.78 is 11.2. The number of aryl methyl sites for hydroxylation is 1. The number of esters is 1. The average molecular weight is 441 g/mol. The van der Waals surface area contributed by atoms with Gasteiger partial charge in [-0.25, -0.2) is 4.79 Å². The third-order valence-electron chi connectivity index (χ3n) is 5.51. The van der Waals surface area contributed by atoms with Gasteiger partial charge >= 0.3 is 5.97 Å². The number of rotatable bonds is 11. The minimum Gasteiger partial charge on any atom is -0.454 e. The van der Waals surface area contributed by atoms with E-state index < -0.39 is 12.1 Å². The van der Waals surface area contributed by atoms with Crippen LogP contribution in [0.5, 0.6) is 0 Å². The van der Waals surface area contributed by atoms with Gasteiger partial charge in [0.1, 0.15) is 11.9 Å². The summed E-state index contributed by atoms with van der Waals surface area (Å²) in [5.74, 6) is -0.368. The molecule has 0 heterocycles. The second-order valence-electron chi connectivity index (χ2n) is 7.55. The zero-order valence-corrected chi connectivity index (χ0v) is 19.9. The van der Waals surface area contributed by atoms with Crippen LogP contribution in [0.25, 0.3) is 0 Å². The summed E-state index contributed by atoms with van der Waals surface area (Å²) in [6.45, 7) is 9.70. The molecule has 2 aromatic rings. The van der Waals surface area contributed by atoms with Crippen molar-refractivity contribution in [3.63, 3.8) is 0 Å². The Morgan fingerprint density at radius 1 is 1.09 bits per heavy atom. The van der Waals surface area contributed by atoms with Gasteiger partial charge in [-0.1, -0.05) is 49.4 Å². The highest BCUT2D eigenvalue weighted by atomic mass is 16.5. The van der Waals surface area contributed by atoms with Gasteiger partial charge in [0.15, 0.2) is 0 Å². The molecule has 2 rings (SSSR count). The van der Waals surface area contributed by atoms with E-state index in [1.54, 1.807) is 19.3 Å². The Bertz CT molecular complexity index is 869. The first-order chi connectivity index (χ1) is 15.4. The van der Waals surface area contributed by atoms with E-state index in [-0.39, 0.29) is 18.3 Å². The molecule has 0 fully saturated rings. The third-order valence-corrected chi connectivity index (χ3v) is 5.51. The molecule has 2 atom stereocenters. The summed E-state index contributed by atoms with van der Waals surface area (Å²) in [5.41, 5.74) is 4.09. The Labute approximate surface area is 192 Å². The minimum absolute atomic E-state index is 0.0529.